The van der Waals surface area contributed by atoms with E-state index in [2.05, 4.69) is 13.5 Å². The van der Waals surface area contributed by atoms with Crippen molar-refractivity contribution in [1.29, 1.82) is 0 Å². The number of aliphatic hydroxyl groups is 2. The number of methoxy groups -OCH3 is 1. The normalized spacial score (nSPS) is 53.1. The molecule has 0 amide bonds. The van der Waals surface area contributed by atoms with Gasteiger partial charge < -0.3 is 52.8 Å². The highest BCUT2D eigenvalue weighted by Gasteiger charge is 2.68. The fraction of sp³-hybridized carbons (Fsp3) is 0.923. The highest BCUT2D eigenvalue weighted by atomic mass is 16.8. The van der Waals surface area contributed by atoms with E-state index >= 15 is 0 Å². The van der Waals surface area contributed by atoms with E-state index in [1.807, 2.05) is 0 Å². The molecule has 2 N–H and O–H groups in total. The van der Waals surface area contributed by atoms with E-state index in [1.165, 1.54) is 0 Å². The molecule has 286 valence electrons. The predicted molar refractivity (Wildman–Crippen MR) is 180 cm³/mol. The van der Waals surface area contributed by atoms with Crippen LogP contribution >= 0.6 is 0 Å². The van der Waals surface area contributed by atoms with Gasteiger partial charge in [0.15, 0.2) is 5.79 Å². The first-order chi connectivity index (χ1) is 24.7. The molecule has 10 saturated heterocycles. The van der Waals surface area contributed by atoms with Crippen molar-refractivity contribution in [3.05, 3.63) is 12.2 Å². The van der Waals surface area contributed by atoms with E-state index < -0.39 is 24.1 Å². The van der Waals surface area contributed by atoms with Crippen molar-refractivity contribution in [3.8, 4) is 0 Å². The van der Waals surface area contributed by atoms with Crippen LogP contribution < -0.4 is 0 Å². The molecule has 12 bridgehead atoms. The Morgan fingerprint density at radius 1 is 0.784 bits per heavy atom. The number of fused-ring (bicyclic) bond motifs is 6. The molecule has 1 spiro atoms. The second-order valence-electron chi connectivity index (χ2n) is 17.4. The van der Waals surface area contributed by atoms with Crippen LogP contribution in [0, 0.1) is 11.8 Å². The molecule has 10 heterocycles. The number of ketones is 1. The lowest BCUT2D eigenvalue weighted by atomic mass is 9.83. The summed E-state index contributed by atoms with van der Waals surface area (Å²) in [6, 6.07) is 0. The average Bonchev–Trinajstić information content (AvgIpc) is 3.77. The molecule has 10 fully saturated rings. The summed E-state index contributed by atoms with van der Waals surface area (Å²) in [7, 11) is 1.64. The first-order valence-electron chi connectivity index (χ1n) is 20.0. The van der Waals surface area contributed by atoms with Crippen molar-refractivity contribution in [1.82, 2.24) is 0 Å². The Bertz CT molecular complexity index is 1300. The summed E-state index contributed by atoms with van der Waals surface area (Å²) in [6.45, 7) is 6.36. The quantitative estimate of drug-likeness (QED) is 0.413. The SMILES string of the molecule is C=C1C[C@@H]2CC[C@@]34C[C@H]5O[C@H]6[C@@H](O3)[C@H]3O[C@H](CC[C@@H]3O[C@H]6[C@H]5O4)CC(=O)C[C@@H]3[C@@H](OC)[C@@H](C[C@H](O)CO)O[C@H]3C[C@@H]3C[C@H](C)C[C@H](CC[C@@H]1O2)O3. The molecule has 0 saturated carbocycles. The Balaban J connectivity index is 0.983. The summed E-state index contributed by atoms with van der Waals surface area (Å²) in [4.78, 5) is 14.0. The Labute approximate surface area is 301 Å². The van der Waals surface area contributed by atoms with Crippen LogP contribution in [0.2, 0.25) is 0 Å². The van der Waals surface area contributed by atoms with Gasteiger partial charge in [0.25, 0.3) is 0 Å². The maximum atomic E-state index is 14.0. The minimum absolute atomic E-state index is 0.00348. The zero-order valence-electron chi connectivity index (χ0n) is 30.2. The van der Waals surface area contributed by atoms with Crippen molar-refractivity contribution < 1.29 is 57.6 Å². The molecular formula is C39H58O12. The Kier molecular flexibility index (Phi) is 9.95. The molecule has 51 heavy (non-hydrogen) atoms. The van der Waals surface area contributed by atoms with Gasteiger partial charge in [-0.05, 0) is 62.9 Å². The van der Waals surface area contributed by atoms with Crippen molar-refractivity contribution in [2.24, 2.45) is 11.8 Å². The average molecular weight is 719 g/mol. The largest absolute Gasteiger partial charge is 0.394 e. The third-order valence-electron chi connectivity index (χ3n) is 13.7. The fourth-order valence-corrected chi connectivity index (χ4v) is 11.4. The van der Waals surface area contributed by atoms with Crippen LogP contribution in [0.15, 0.2) is 12.2 Å². The van der Waals surface area contributed by atoms with E-state index in [-0.39, 0.29) is 117 Å². The summed E-state index contributed by atoms with van der Waals surface area (Å²) >= 11 is 0. The van der Waals surface area contributed by atoms with Crippen molar-refractivity contribution in [3.63, 3.8) is 0 Å². The zero-order chi connectivity index (χ0) is 35.0. The minimum atomic E-state index is -0.928. The van der Waals surface area contributed by atoms with Gasteiger partial charge in [0.05, 0.1) is 73.8 Å². The van der Waals surface area contributed by atoms with E-state index in [4.69, 9.17) is 42.6 Å². The van der Waals surface area contributed by atoms with Crippen LogP contribution in [0.3, 0.4) is 0 Å². The molecule has 0 aromatic heterocycles. The van der Waals surface area contributed by atoms with Gasteiger partial charge in [0.1, 0.15) is 36.3 Å². The third kappa shape index (κ3) is 6.81. The van der Waals surface area contributed by atoms with Gasteiger partial charge in [-0.3, -0.25) is 4.79 Å². The summed E-state index contributed by atoms with van der Waals surface area (Å²) in [5.41, 5.74) is 1.15. The summed E-state index contributed by atoms with van der Waals surface area (Å²) in [5, 5.41) is 20.0. The monoisotopic (exact) mass is 718 g/mol. The molecule has 0 radical (unpaired) electrons. The van der Waals surface area contributed by atoms with Gasteiger partial charge in [-0.2, -0.15) is 0 Å². The van der Waals surface area contributed by atoms with Crippen LogP contribution in [-0.4, -0.2) is 133 Å². The number of carbonyl (C=O) groups excluding carboxylic acids is 1. The van der Waals surface area contributed by atoms with Crippen LogP contribution in [0.25, 0.3) is 0 Å². The summed E-state index contributed by atoms with van der Waals surface area (Å²) in [6.07, 6.45) is 6.02. The molecule has 19 atom stereocenters. The molecular weight excluding hydrogens is 660 g/mol. The minimum Gasteiger partial charge on any atom is -0.394 e. The van der Waals surface area contributed by atoms with Crippen LogP contribution in [0.4, 0.5) is 0 Å². The fourth-order valence-electron chi connectivity index (χ4n) is 11.4. The van der Waals surface area contributed by atoms with E-state index in [9.17, 15) is 15.0 Å². The van der Waals surface area contributed by atoms with Gasteiger partial charge in [0.2, 0.25) is 0 Å². The van der Waals surface area contributed by atoms with Crippen molar-refractivity contribution in [2.75, 3.05) is 13.7 Å². The number of rotatable bonds is 4. The number of ether oxygens (including phenoxy) is 9. The van der Waals surface area contributed by atoms with Gasteiger partial charge in [0, 0.05) is 51.6 Å². The molecule has 12 heteroatoms. The predicted octanol–water partition coefficient (Wildman–Crippen LogP) is 3.31. The molecule has 12 nitrogen and oxygen atoms in total. The molecule has 0 aliphatic carbocycles. The second-order valence-corrected chi connectivity index (χ2v) is 17.4. The van der Waals surface area contributed by atoms with E-state index in [1.54, 1.807) is 7.11 Å². The number of Topliss-reactive ketones (excluding diaryl/α,β-unsaturated/α-hetero) is 1. The van der Waals surface area contributed by atoms with Gasteiger partial charge in [-0.1, -0.05) is 13.5 Å². The van der Waals surface area contributed by atoms with Gasteiger partial charge in [-0.15, -0.1) is 0 Å². The molecule has 10 aliphatic rings. The number of hydrogen-bond donors (Lipinski definition) is 2. The Hall–Kier alpha value is -1.03. The standard InChI is InChI=1S/C39H58O12/c1-19-10-23-4-6-28-20(2)12-25(45-28)8-9-39-17-32-35(50-39)36-37(49-32)38(51-39)34-29(48-36)7-5-24(46-34)13-21(41)14-27-30(16-26(11-19)44-23)47-31(33(27)43-3)15-22(42)18-40/h19,22-38,40,42H,2,4-18H2,1,3H3/t19-,22+,23+,24-,25+,26+,27+,28+,29+,30+,31-,32-,33-,34+,35+,36+,37-,38+,39+/m1/s1. The highest BCUT2D eigenvalue weighted by Crippen LogP contribution is 2.54. The topological polar surface area (TPSA) is 141 Å². The van der Waals surface area contributed by atoms with Gasteiger partial charge in [-0.25, -0.2) is 0 Å². The lowest BCUT2D eigenvalue weighted by Gasteiger charge is -2.47. The number of aliphatic hydroxyl groups excluding tert-OH is 2. The van der Waals surface area contributed by atoms with Crippen molar-refractivity contribution in [2.45, 2.75) is 200 Å². The maximum Gasteiger partial charge on any atom is 0.172 e. The first-order valence-corrected chi connectivity index (χ1v) is 20.0. The third-order valence-corrected chi connectivity index (χ3v) is 13.7. The Morgan fingerprint density at radius 3 is 2.39 bits per heavy atom. The Morgan fingerprint density at radius 2 is 1.55 bits per heavy atom. The smallest absolute Gasteiger partial charge is 0.172 e. The zero-order valence-corrected chi connectivity index (χ0v) is 30.2. The highest BCUT2D eigenvalue weighted by molar-refractivity contribution is 5.79. The lowest BCUT2D eigenvalue weighted by molar-refractivity contribution is -0.292. The molecule has 10 rings (SSSR count). The number of hydrogen-bond acceptors (Lipinski definition) is 12. The summed E-state index contributed by atoms with van der Waals surface area (Å²) in [5.74, 6) is -0.394. The molecule has 10 aliphatic heterocycles. The van der Waals surface area contributed by atoms with Crippen LogP contribution in [0.5, 0.6) is 0 Å². The van der Waals surface area contributed by atoms with Gasteiger partial charge >= 0.3 is 0 Å². The second kappa shape index (κ2) is 14.2. The lowest BCUT2D eigenvalue weighted by Crippen LogP contribution is -2.61. The molecule has 0 aromatic rings. The molecule has 0 aromatic carbocycles. The maximum absolute atomic E-state index is 14.0. The van der Waals surface area contributed by atoms with Crippen LogP contribution in [0.1, 0.15) is 96.8 Å². The van der Waals surface area contributed by atoms with E-state index in [0.29, 0.717) is 25.2 Å². The van der Waals surface area contributed by atoms with Crippen LogP contribution in [-0.2, 0) is 47.4 Å². The first kappa shape index (κ1) is 35.7. The molecule has 0 unspecified atom stereocenters. The number of carbonyl (C=O) groups is 1. The summed E-state index contributed by atoms with van der Waals surface area (Å²) < 4.78 is 59.8. The van der Waals surface area contributed by atoms with E-state index in [0.717, 1.165) is 56.9 Å². The van der Waals surface area contributed by atoms with Crippen molar-refractivity contribution >= 4 is 5.78 Å².